The van der Waals surface area contributed by atoms with Crippen LogP contribution in [-0.2, 0) is 39.1 Å². The van der Waals surface area contributed by atoms with E-state index in [1.807, 2.05) is 39.8 Å². The van der Waals surface area contributed by atoms with Crippen molar-refractivity contribution in [2.75, 3.05) is 19.8 Å². The molecule has 1 heterocycles. The lowest BCUT2D eigenvalue weighted by Crippen LogP contribution is -2.38. The number of hydrogen-bond donors (Lipinski definition) is 2. The SMILES string of the molecule is CCCCCC=CCC=CCC=CCC=CCCCC(=O)OC[C@H](COP(=O)(O)OCCC1(C)CCc2c(C)c(O)c(C)c(C)c2O1)OC(=O)CCCC=CCC=CCC=CCC=CCCCCC. The topological polar surface area (TPSA) is 138 Å². The van der Waals surface area contributed by atoms with Gasteiger partial charge in [-0.3, -0.25) is 18.6 Å². The fraction of sp³-hybridized carbons (Fsp3) is 0.586. The zero-order valence-electron chi connectivity index (χ0n) is 43.3. The second-order valence-corrected chi connectivity index (χ2v) is 19.6. The highest BCUT2D eigenvalue weighted by atomic mass is 31.2. The minimum absolute atomic E-state index is 0.116. The van der Waals surface area contributed by atoms with Crippen molar-refractivity contribution >= 4 is 19.8 Å². The third-order valence-electron chi connectivity index (χ3n) is 12.0. The van der Waals surface area contributed by atoms with Crippen LogP contribution in [0.1, 0.15) is 184 Å². The van der Waals surface area contributed by atoms with Crippen molar-refractivity contribution in [1.82, 2.24) is 0 Å². The molecule has 0 spiro atoms. The first-order chi connectivity index (χ1) is 33.3. The van der Waals surface area contributed by atoms with Crippen molar-refractivity contribution in [2.45, 2.75) is 201 Å². The number of carbonyl (C=O) groups excluding carboxylic acids is 2. The number of allylic oxidation sites excluding steroid dienone is 16. The second-order valence-electron chi connectivity index (χ2n) is 18.2. The van der Waals surface area contributed by atoms with Crippen molar-refractivity contribution in [3.8, 4) is 11.5 Å². The van der Waals surface area contributed by atoms with E-state index >= 15 is 0 Å². The quantitative estimate of drug-likeness (QED) is 0.0285. The van der Waals surface area contributed by atoms with E-state index in [1.165, 1.54) is 38.5 Å². The summed E-state index contributed by atoms with van der Waals surface area (Å²) >= 11 is 0. The normalized spacial score (nSPS) is 16.9. The predicted octanol–water partition coefficient (Wildman–Crippen LogP) is 15.7. The summed E-state index contributed by atoms with van der Waals surface area (Å²) in [6.07, 6.45) is 53.0. The molecule has 3 atom stereocenters. The highest BCUT2D eigenvalue weighted by Gasteiger charge is 2.36. The van der Waals surface area contributed by atoms with E-state index in [4.69, 9.17) is 23.3 Å². The van der Waals surface area contributed by atoms with Crippen LogP contribution >= 0.6 is 7.82 Å². The minimum atomic E-state index is -4.60. The lowest BCUT2D eigenvalue weighted by atomic mass is 9.86. The second kappa shape index (κ2) is 37.6. The number of unbranched alkanes of at least 4 members (excludes halogenated alkanes) is 8. The average molecular weight is 977 g/mol. The number of phenolic OH excluding ortho intramolecular Hbond substituents is 1. The van der Waals surface area contributed by atoms with E-state index in [2.05, 4.69) is 98.9 Å². The summed E-state index contributed by atoms with van der Waals surface area (Å²) < 4.78 is 41.2. The molecule has 2 rings (SSSR count). The Labute approximate surface area is 417 Å². The molecule has 2 unspecified atom stereocenters. The summed E-state index contributed by atoms with van der Waals surface area (Å²) in [5.74, 6) is 0.0175. The molecule has 11 heteroatoms. The highest BCUT2D eigenvalue weighted by molar-refractivity contribution is 7.47. The van der Waals surface area contributed by atoms with Gasteiger partial charge in [0.15, 0.2) is 6.10 Å². The van der Waals surface area contributed by atoms with Crippen LogP contribution in [0.25, 0.3) is 0 Å². The molecule has 0 saturated heterocycles. The van der Waals surface area contributed by atoms with Gasteiger partial charge < -0.3 is 24.2 Å². The van der Waals surface area contributed by atoms with Crippen LogP contribution in [0.15, 0.2) is 97.2 Å². The van der Waals surface area contributed by atoms with Gasteiger partial charge in [-0.1, -0.05) is 137 Å². The number of hydrogen-bond acceptors (Lipinski definition) is 9. The first kappa shape index (κ1) is 60.9. The van der Waals surface area contributed by atoms with E-state index in [-0.39, 0.29) is 31.8 Å². The monoisotopic (exact) mass is 977 g/mol. The Morgan fingerprint density at radius 2 is 1.07 bits per heavy atom. The number of benzene rings is 1. The van der Waals surface area contributed by atoms with Gasteiger partial charge in [-0.2, -0.15) is 0 Å². The molecule has 0 aromatic heterocycles. The maximum Gasteiger partial charge on any atom is 0.472 e. The summed E-state index contributed by atoms with van der Waals surface area (Å²) in [4.78, 5) is 36.2. The fourth-order valence-electron chi connectivity index (χ4n) is 7.53. The molecule has 1 aromatic rings. The molecule has 1 aliphatic heterocycles. The number of fused-ring (bicyclic) bond motifs is 1. The molecule has 0 aliphatic carbocycles. The summed E-state index contributed by atoms with van der Waals surface area (Å²) in [6.45, 7) is 11.0. The largest absolute Gasteiger partial charge is 0.507 e. The van der Waals surface area contributed by atoms with E-state index in [0.717, 1.165) is 79.4 Å². The lowest BCUT2D eigenvalue weighted by molar-refractivity contribution is -0.161. The minimum Gasteiger partial charge on any atom is -0.507 e. The van der Waals surface area contributed by atoms with E-state index in [9.17, 15) is 24.2 Å². The first-order valence-electron chi connectivity index (χ1n) is 26.0. The Kier molecular flexibility index (Phi) is 33.2. The van der Waals surface area contributed by atoms with Gasteiger partial charge in [-0.25, -0.2) is 4.57 Å². The van der Waals surface area contributed by atoms with Crippen LogP contribution in [0.4, 0.5) is 0 Å². The Morgan fingerprint density at radius 1 is 0.623 bits per heavy atom. The number of phosphoric acid groups is 1. The van der Waals surface area contributed by atoms with Gasteiger partial charge in [0.05, 0.1) is 13.2 Å². The molecule has 2 N–H and O–H groups in total. The zero-order valence-corrected chi connectivity index (χ0v) is 44.2. The molecule has 69 heavy (non-hydrogen) atoms. The van der Waals surface area contributed by atoms with Gasteiger partial charge in [0.1, 0.15) is 23.7 Å². The standard InChI is InChI=1S/C58H89O10P/c1-7-9-11-13-15-17-19-21-23-25-27-29-31-33-35-37-39-41-54(59)64-47-52(67-55(60)42-40-38-36-34-32-30-28-26-24-22-20-18-16-14-12-10-8-2)48-66-69(62,63)65-46-45-58(6)44-43-53-51(5)56(61)49(3)50(4)57(53)68-58/h15-18,21-24,27-30,33-36,52,61H,7-14,19-20,25-26,31-32,37-48H2,1-6H3,(H,62,63)/t52-,58?/m1/s1. The predicted molar refractivity (Wildman–Crippen MR) is 284 cm³/mol. The van der Waals surface area contributed by atoms with Crippen molar-refractivity contribution in [1.29, 1.82) is 0 Å². The fourth-order valence-corrected chi connectivity index (χ4v) is 8.28. The first-order valence-corrected chi connectivity index (χ1v) is 27.5. The number of esters is 2. The molecular weight excluding hydrogens is 888 g/mol. The maximum absolute atomic E-state index is 13.1. The van der Waals surface area contributed by atoms with Gasteiger partial charge in [-0.05, 0) is 147 Å². The summed E-state index contributed by atoms with van der Waals surface area (Å²) in [6, 6.07) is 0. The molecular formula is C58H89O10P. The Balaban J connectivity index is 1.82. The van der Waals surface area contributed by atoms with Crippen molar-refractivity contribution in [3.63, 3.8) is 0 Å². The molecule has 1 aliphatic rings. The van der Waals surface area contributed by atoms with E-state index in [1.54, 1.807) is 0 Å². The van der Waals surface area contributed by atoms with Crippen molar-refractivity contribution in [2.24, 2.45) is 0 Å². The molecule has 0 fully saturated rings. The zero-order chi connectivity index (χ0) is 50.4. The number of phosphoric ester groups is 1. The highest BCUT2D eigenvalue weighted by Crippen LogP contribution is 2.46. The Morgan fingerprint density at radius 3 is 1.55 bits per heavy atom. The van der Waals surface area contributed by atoms with Crippen LogP contribution in [0.2, 0.25) is 0 Å². The van der Waals surface area contributed by atoms with Crippen molar-refractivity contribution < 1.29 is 47.4 Å². The molecule has 386 valence electrons. The number of ether oxygens (including phenoxy) is 3. The lowest BCUT2D eigenvalue weighted by Gasteiger charge is -2.38. The van der Waals surface area contributed by atoms with E-state index < -0.39 is 38.1 Å². The van der Waals surface area contributed by atoms with Crippen molar-refractivity contribution in [3.05, 3.63) is 119 Å². The van der Waals surface area contributed by atoms with Crippen LogP contribution < -0.4 is 4.74 Å². The van der Waals surface area contributed by atoms with Gasteiger partial charge in [0, 0.05) is 24.8 Å². The molecule has 0 radical (unpaired) electrons. The molecule has 10 nitrogen and oxygen atoms in total. The van der Waals surface area contributed by atoms with Gasteiger partial charge in [0.2, 0.25) is 0 Å². The third-order valence-corrected chi connectivity index (χ3v) is 13.0. The average Bonchev–Trinajstić information content (AvgIpc) is 3.32. The number of phenols is 1. The maximum atomic E-state index is 13.1. The molecule has 0 bridgehead atoms. The number of carbonyl (C=O) groups is 2. The van der Waals surface area contributed by atoms with Crippen LogP contribution in [0.5, 0.6) is 11.5 Å². The van der Waals surface area contributed by atoms with Gasteiger partial charge in [-0.15, -0.1) is 0 Å². The summed E-state index contributed by atoms with van der Waals surface area (Å²) in [5, 5.41) is 10.5. The Hall–Kier alpha value is -4.21. The number of rotatable bonds is 38. The summed E-state index contributed by atoms with van der Waals surface area (Å²) in [5.41, 5.74) is 2.71. The van der Waals surface area contributed by atoms with Crippen LogP contribution in [0, 0.1) is 20.8 Å². The molecule has 0 amide bonds. The van der Waals surface area contributed by atoms with Crippen LogP contribution in [0.3, 0.4) is 0 Å². The molecule has 0 saturated carbocycles. The Bertz CT molecular complexity index is 1900. The molecule has 1 aromatic carbocycles. The third kappa shape index (κ3) is 28.9. The number of aromatic hydroxyl groups is 1. The van der Waals surface area contributed by atoms with Crippen LogP contribution in [-0.4, -0.2) is 53.5 Å². The summed E-state index contributed by atoms with van der Waals surface area (Å²) in [7, 11) is -4.60. The van der Waals surface area contributed by atoms with Gasteiger partial charge >= 0.3 is 19.8 Å². The van der Waals surface area contributed by atoms with Gasteiger partial charge in [0.25, 0.3) is 0 Å². The van der Waals surface area contributed by atoms with E-state index in [0.29, 0.717) is 44.9 Å². The smallest absolute Gasteiger partial charge is 0.472 e.